The molecule has 1 aliphatic heterocycles. The summed E-state index contributed by atoms with van der Waals surface area (Å²) < 4.78 is 5.63. The van der Waals surface area contributed by atoms with Crippen LogP contribution in [0.4, 0.5) is 0 Å². The molecule has 4 rings (SSSR count). The smallest absolute Gasteiger partial charge is 0.224 e. The van der Waals surface area contributed by atoms with Gasteiger partial charge in [0.15, 0.2) is 17.1 Å². The summed E-state index contributed by atoms with van der Waals surface area (Å²) in [7, 11) is 0. The summed E-state index contributed by atoms with van der Waals surface area (Å²) >= 11 is 0. The molecule has 0 unspecified atom stereocenters. The van der Waals surface area contributed by atoms with Gasteiger partial charge in [-0.1, -0.05) is 0 Å². The highest BCUT2D eigenvalue weighted by Gasteiger charge is 2.30. The molecule has 0 amide bonds. The number of hydrogen-bond donors (Lipinski definition) is 3. The second-order valence-corrected chi connectivity index (χ2v) is 6.86. The molecule has 6 nitrogen and oxygen atoms in total. The van der Waals surface area contributed by atoms with Gasteiger partial charge in [0.2, 0.25) is 16.9 Å². The normalized spacial score (nSPS) is 20.5. The summed E-state index contributed by atoms with van der Waals surface area (Å²) in [6.45, 7) is 0. The number of phenols is 3. The van der Waals surface area contributed by atoms with E-state index in [0.29, 0.717) is 10.9 Å². The molecule has 2 aliphatic carbocycles. The van der Waals surface area contributed by atoms with Gasteiger partial charge >= 0.3 is 0 Å². The molecule has 1 aromatic rings. The SMILES string of the molecule is O=CC1CCC(c2c3ccc(=O)c(O)c-3oc3c(O)c(O)ccc23)CC1. The number of carbonyl (C=O) groups is 1. The van der Waals surface area contributed by atoms with Crippen molar-refractivity contribution >= 4 is 17.3 Å². The fourth-order valence-electron chi connectivity index (χ4n) is 3.98. The van der Waals surface area contributed by atoms with Gasteiger partial charge in [0, 0.05) is 16.9 Å². The highest BCUT2D eigenvalue weighted by Crippen LogP contribution is 2.48. The molecule has 3 aliphatic rings. The van der Waals surface area contributed by atoms with Crippen LogP contribution in [-0.4, -0.2) is 21.6 Å². The van der Waals surface area contributed by atoms with Gasteiger partial charge in [0.25, 0.3) is 0 Å². The molecule has 0 bridgehead atoms. The van der Waals surface area contributed by atoms with Gasteiger partial charge in [-0.25, -0.2) is 0 Å². The second-order valence-electron chi connectivity index (χ2n) is 6.86. The number of phenolic OH excluding ortho intramolecular Hbond substituents is 3. The molecule has 0 atom stereocenters. The summed E-state index contributed by atoms with van der Waals surface area (Å²) in [5.41, 5.74) is 0.923. The zero-order chi connectivity index (χ0) is 18.4. The number of aromatic hydroxyl groups is 3. The molecule has 1 fully saturated rings. The van der Waals surface area contributed by atoms with E-state index < -0.39 is 16.9 Å². The maximum atomic E-state index is 11.8. The average molecular weight is 354 g/mol. The molecule has 1 heterocycles. The van der Waals surface area contributed by atoms with Crippen molar-refractivity contribution in [3.05, 3.63) is 40.1 Å². The number of fused-ring (bicyclic) bond motifs is 2. The monoisotopic (exact) mass is 354 g/mol. The third-order valence-electron chi connectivity index (χ3n) is 5.36. The largest absolute Gasteiger partial charge is 0.504 e. The first-order valence-corrected chi connectivity index (χ1v) is 8.60. The van der Waals surface area contributed by atoms with Gasteiger partial charge in [0.05, 0.1) is 0 Å². The summed E-state index contributed by atoms with van der Waals surface area (Å²) in [6, 6.07) is 5.96. The number of aldehydes is 1. The minimum absolute atomic E-state index is 0.00147. The Labute approximate surface area is 148 Å². The molecular weight excluding hydrogens is 336 g/mol. The molecule has 1 saturated carbocycles. The maximum absolute atomic E-state index is 11.8. The van der Waals surface area contributed by atoms with Gasteiger partial charge in [-0.2, -0.15) is 0 Å². The molecule has 134 valence electrons. The Morgan fingerprint density at radius 2 is 1.69 bits per heavy atom. The minimum atomic E-state index is -0.573. The van der Waals surface area contributed by atoms with Crippen molar-refractivity contribution in [2.45, 2.75) is 31.6 Å². The van der Waals surface area contributed by atoms with Gasteiger partial charge in [0.1, 0.15) is 6.29 Å². The van der Waals surface area contributed by atoms with Crippen molar-refractivity contribution < 1.29 is 24.5 Å². The summed E-state index contributed by atoms with van der Waals surface area (Å²) in [5, 5.41) is 30.8. The van der Waals surface area contributed by atoms with Crippen molar-refractivity contribution in [1.82, 2.24) is 0 Å². The van der Waals surface area contributed by atoms with Gasteiger partial charge < -0.3 is 24.5 Å². The second kappa shape index (κ2) is 6.05. The Kier molecular flexibility index (Phi) is 3.83. The van der Waals surface area contributed by atoms with Crippen LogP contribution in [0.2, 0.25) is 0 Å². The van der Waals surface area contributed by atoms with Gasteiger partial charge in [-0.3, -0.25) is 4.79 Å². The number of hydrogen-bond acceptors (Lipinski definition) is 6. The number of carbonyl (C=O) groups excluding carboxylic acids is 1. The Hall–Kier alpha value is -3.02. The molecule has 3 N–H and O–H groups in total. The van der Waals surface area contributed by atoms with E-state index in [0.717, 1.165) is 37.5 Å². The topological polar surface area (TPSA) is 108 Å². The van der Waals surface area contributed by atoms with Crippen molar-refractivity contribution in [2.75, 3.05) is 0 Å². The van der Waals surface area contributed by atoms with Crippen LogP contribution < -0.4 is 5.43 Å². The van der Waals surface area contributed by atoms with Crippen molar-refractivity contribution in [2.24, 2.45) is 5.92 Å². The third-order valence-corrected chi connectivity index (χ3v) is 5.36. The first kappa shape index (κ1) is 16.4. The zero-order valence-corrected chi connectivity index (χ0v) is 13.9. The lowest BCUT2D eigenvalue weighted by Gasteiger charge is -2.29. The standard InChI is InChI=1S/C20H18O6/c21-9-10-1-3-11(4-2-10)16-12-5-7-14(22)17(24)19(12)26-20-13(16)6-8-15(23)18(20)25/h5-11,22,24-25H,1-4H2. The van der Waals surface area contributed by atoms with Gasteiger partial charge in [-0.05, 0) is 61.4 Å². The van der Waals surface area contributed by atoms with E-state index in [1.165, 1.54) is 12.1 Å². The average Bonchev–Trinajstić information content (AvgIpc) is 2.67. The quantitative estimate of drug-likeness (QED) is 0.369. The number of rotatable bonds is 2. The van der Waals surface area contributed by atoms with E-state index >= 15 is 0 Å². The Balaban J connectivity index is 2.02. The van der Waals surface area contributed by atoms with Crippen LogP contribution in [0.25, 0.3) is 22.3 Å². The van der Waals surface area contributed by atoms with Crippen LogP contribution in [0.15, 0.2) is 33.5 Å². The van der Waals surface area contributed by atoms with E-state index in [1.54, 1.807) is 12.1 Å². The predicted octanol–water partition coefficient (Wildman–Crippen LogP) is 3.49. The van der Waals surface area contributed by atoms with E-state index in [-0.39, 0.29) is 28.9 Å². The molecular formula is C20H18O6. The highest BCUT2D eigenvalue weighted by molar-refractivity contribution is 5.94. The molecule has 26 heavy (non-hydrogen) atoms. The Morgan fingerprint density at radius 3 is 2.38 bits per heavy atom. The Bertz CT molecular complexity index is 1030. The molecule has 1 aromatic carbocycles. The van der Waals surface area contributed by atoms with Crippen molar-refractivity contribution in [3.8, 4) is 28.6 Å². The first-order valence-electron chi connectivity index (χ1n) is 8.60. The van der Waals surface area contributed by atoms with E-state index in [2.05, 4.69) is 0 Å². The van der Waals surface area contributed by atoms with Crippen LogP contribution >= 0.6 is 0 Å². The Morgan fingerprint density at radius 1 is 0.962 bits per heavy atom. The van der Waals surface area contributed by atoms with Crippen LogP contribution in [-0.2, 0) is 4.79 Å². The predicted molar refractivity (Wildman–Crippen MR) is 94.9 cm³/mol. The van der Waals surface area contributed by atoms with E-state index in [4.69, 9.17) is 4.42 Å². The third kappa shape index (κ3) is 2.41. The van der Waals surface area contributed by atoms with Crippen LogP contribution in [0.1, 0.15) is 37.2 Å². The lowest BCUT2D eigenvalue weighted by Crippen LogP contribution is -2.15. The van der Waals surface area contributed by atoms with E-state index in [1.807, 2.05) is 0 Å². The zero-order valence-electron chi connectivity index (χ0n) is 13.9. The summed E-state index contributed by atoms with van der Waals surface area (Å²) in [5.74, 6) is -1.14. The molecule has 0 radical (unpaired) electrons. The van der Waals surface area contributed by atoms with Crippen molar-refractivity contribution in [1.29, 1.82) is 0 Å². The van der Waals surface area contributed by atoms with Crippen LogP contribution in [0, 0.1) is 5.92 Å². The van der Waals surface area contributed by atoms with E-state index in [9.17, 15) is 24.9 Å². The highest BCUT2D eigenvalue weighted by atomic mass is 16.4. The molecule has 0 spiro atoms. The first-order chi connectivity index (χ1) is 12.5. The summed E-state index contributed by atoms with van der Waals surface area (Å²) in [4.78, 5) is 22.9. The fraction of sp³-hybridized carbons (Fsp3) is 0.300. The minimum Gasteiger partial charge on any atom is -0.504 e. The lowest BCUT2D eigenvalue weighted by atomic mass is 9.76. The van der Waals surface area contributed by atoms with Crippen molar-refractivity contribution in [3.63, 3.8) is 0 Å². The summed E-state index contributed by atoms with van der Waals surface area (Å²) in [6.07, 6.45) is 4.07. The fourth-order valence-corrected chi connectivity index (χ4v) is 3.98. The molecule has 0 saturated heterocycles. The van der Waals surface area contributed by atoms with Crippen LogP contribution in [0.5, 0.6) is 17.2 Å². The number of benzene rings is 2. The lowest BCUT2D eigenvalue weighted by molar-refractivity contribution is -0.111. The molecule has 6 heteroatoms. The maximum Gasteiger partial charge on any atom is 0.224 e. The van der Waals surface area contributed by atoms with Gasteiger partial charge in [-0.15, -0.1) is 0 Å². The molecule has 0 aromatic heterocycles. The van der Waals surface area contributed by atoms with Crippen LogP contribution in [0.3, 0.4) is 0 Å².